The first-order valence-corrected chi connectivity index (χ1v) is 11.7. The Hall–Kier alpha value is -3.80. The maximum atomic E-state index is 13.2. The average Bonchev–Trinajstić information content (AvgIpc) is 2.89. The number of methoxy groups -OCH3 is 1. The van der Waals surface area contributed by atoms with Gasteiger partial charge in [-0.1, -0.05) is 24.3 Å². The summed E-state index contributed by atoms with van der Waals surface area (Å²) in [5, 5.41) is 2.87. The third-order valence-corrected chi connectivity index (χ3v) is 6.18. The van der Waals surface area contributed by atoms with Crippen LogP contribution in [0.4, 0.5) is 11.4 Å². The van der Waals surface area contributed by atoms with Gasteiger partial charge >= 0.3 is 0 Å². The molecule has 0 atom stereocenters. The largest absolute Gasteiger partial charge is 0.497 e. The number of carbonyl (C=O) groups excluding carboxylic acids is 2. The molecule has 4 rings (SSSR count). The van der Waals surface area contributed by atoms with E-state index in [0.717, 1.165) is 18.7 Å². The van der Waals surface area contributed by atoms with Gasteiger partial charge in [0.2, 0.25) is 0 Å². The van der Waals surface area contributed by atoms with Crippen LogP contribution in [-0.2, 0) is 6.54 Å². The van der Waals surface area contributed by atoms with Crippen molar-refractivity contribution in [3.8, 4) is 5.75 Å². The van der Waals surface area contributed by atoms with Crippen molar-refractivity contribution in [1.29, 1.82) is 0 Å². The molecule has 1 fully saturated rings. The smallest absolute Gasteiger partial charge is 0.256 e. The van der Waals surface area contributed by atoms with Crippen molar-refractivity contribution in [1.82, 2.24) is 4.90 Å². The number of carbonyl (C=O) groups is 2. The molecule has 0 aliphatic carbocycles. The second-order valence-electron chi connectivity index (χ2n) is 8.60. The third kappa shape index (κ3) is 5.57. The summed E-state index contributed by atoms with van der Waals surface area (Å²) in [6, 6.07) is 22.4. The van der Waals surface area contributed by atoms with E-state index < -0.39 is 0 Å². The maximum absolute atomic E-state index is 13.2. The molecule has 3 aromatic rings. The van der Waals surface area contributed by atoms with Gasteiger partial charge in [-0.25, -0.2) is 0 Å². The first kappa shape index (κ1) is 23.4. The van der Waals surface area contributed by atoms with Crippen molar-refractivity contribution in [2.24, 2.45) is 0 Å². The van der Waals surface area contributed by atoms with Crippen molar-refractivity contribution in [3.63, 3.8) is 0 Å². The predicted octanol–water partition coefficient (Wildman–Crippen LogP) is 5.21. The quantitative estimate of drug-likeness (QED) is 0.529. The van der Waals surface area contributed by atoms with E-state index in [1.807, 2.05) is 0 Å². The molecule has 3 aromatic carbocycles. The number of nitrogens with zero attached hydrogens (tertiary/aromatic N) is 2. The summed E-state index contributed by atoms with van der Waals surface area (Å²) in [5.41, 5.74) is 3.74. The van der Waals surface area contributed by atoms with E-state index in [0.29, 0.717) is 29.1 Å². The Morgan fingerprint density at radius 1 is 0.912 bits per heavy atom. The summed E-state index contributed by atoms with van der Waals surface area (Å²) in [5.74, 6) is 0.252. The number of anilines is 2. The molecule has 1 aliphatic rings. The fourth-order valence-corrected chi connectivity index (χ4v) is 4.23. The normalized spacial score (nSPS) is 13.3. The van der Waals surface area contributed by atoms with Crippen molar-refractivity contribution in [2.75, 3.05) is 37.5 Å². The molecule has 1 N–H and O–H groups in total. The van der Waals surface area contributed by atoms with Crippen molar-refractivity contribution in [2.45, 2.75) is 25.8 Å². The number of para-hydroxylation sites is 1. The van der Waals surface area contributed by atoms with Crippen LogP contribution in [0.3, 0.4) is 0 Å². The van der Waals surface area contributed by atoms with Gasteiger partial charge in [0.05, 0.1) is 18.4 Å². The Labute approximate surface area is 201 Å². The molecule has 2 amide bonds. The molecule has 1 heterocycles. The van der Waals surface area contributed by atoms with Gasteiger partial charge in [0.1, 0.15) is 5.75 Å². The molecule has 0 spiro atoms. The number of ether oxygens (including phenoxy) is 1. The molecular weight excluding hydrogens is 426 g/mol. The van der Waals surface area contributed by atoms with E-state index in [4.69, 9.17) is 4.74 Å². The molecular formula is C28H31N3O3. The Morgan fingerprint density at radius 3 is 2.26 bits per heavy atom. The van der Waals surface area contributed by atoms with Crippen LogP contribution in [0.25, 0.3) is 0 Å². The summed E-state index contributed by atoms with van der Waals surface area (Å²) in [6.07, 6.45) is 3.80. The number of amides is 2. The van der Waals surface area contributed by atoms with E-state index in [2.05, 4.69) is 34.5 Å². The highest BCUT2D eigenvalue weighted by atomic mass is 16.5. The summed E-state index contributed by atoms with van der Waals surface area (Å²) >= 11 is 0. The summed E-state index contributed by atoms with van der Waals surface area (Å²) in [6.45, 7) is 2.70. The lowest BCUT2D eigenvalue weighted by Gasteiger charge is -2.29. The van der Waals surface area contributed by atoms with Gasteiger partial charge in [-0.15, -0.1) is 0 Å². The standard InChI is InChI=1S/C28H31N3O3/c1-30(20-21-10-14-23(15-11-21)31-18-6-3-7-19-31)28(33)25-8-4-5-9-26(25)29-27(32)22-12-16-24(34-2)17-13-22/h4-5,8-17H,3,6-7,18-20H2,1-2H3,(H,29,32). The Balaban J connectivity index is 1.42. The number of hydrogen-bond acceptors (Lipinski definition) is 4. The van der Waals surface area contributed by atoms with Crippen LogP contribution in [0.15, 0.2) is 72.8 Å². The third-order valence-electron chi connectivity index (χ3n) is 6.18. The molecule has 6 heteroatoms. The topological polar surface area (TPSA) is 61.9 Å². The number of hydrogen-bond donors (Lipinski definition) is 1. The van der Waals surface area contributed by atoms with E-state index in [1.165, 1.54) is 24.9 Å². The monoisotopic (exact) mass is 457 g/mol. The number of nitrogens with one attached hydrogen (secondary N) is 1. The Kier molecular flexibility index (Phi) is 7.48. The molecule has 0 saturated carbocycles. The van der Waals surface area contributed by atoms with Crippen LogP contribution >= 0.6 is 0 Å². The SMILES string of the molecule is COc1ccc(C(=O)Nc2ccccc2C(=O)N(C)Cc2ccc(N3CCCCC3)cc2)cc1. The molecule has 0 radical (unpaired) electrons. The first-order valence-electron chi connectivity index (χ1n) is 11.7. The van der Waals surface area contributed by atoms with Crippen LogP contribution < -0.4 is 15.0 Å². The number of rotatable bonds is 7. The predicted molar refractivity (Wildman–Crippen MR) is 136 cm³/mol. The van der Waals surface area contributed by atoms with Gasteiger partial charge in [-0.2, -0.15) is 0 Å². The van der Waals surface area contributed by atoms with Crippen LogP contribution in [-0.4, -0.2) is 44.0 Å². The second-order valence-corrected chi connectivity index (χ2v) is 8.60. The van der Waals surface area contributed by atoms with Crippen molar-refractivity contribution in [3.05, 3.63) is 89.5 Å². The average molecular weight is 458 g/mol. The van der Waals surface area contributed by atoms with E-state index in [1.54, 1.807) is 67.6 Å². The molecule has 1 saturated heterocycles. The van der Waals surface area contributed by atoms with Crippen LogP contribution in [0.5, 0.6) is 5.75 Å². The first-order chi connectivity index (χ1) is 16.5. The fraction of sp³-hybridized carbons (Fsp3) is 0.286. The number of benzene rings is 3. The Bertz CT molecular complexity index is 1120. The molecule has 0 bridgehead atoms. The fourth-order valence-electron chi connectivity index (χ4n) is 4.23. The summed E-state index contributed by atoms with van der Waals surface area (Å²) in [4.78, 5) is 30.1. The zero-order chi connectivity index (χ0) is 23.9. The van der Waals surface area contributed by atoms with E-state index in [9.17, 15) is 9.59 Å². The van der Waals surface area contributed by atoms with E-state index in [-0.39, 0.29) is 11.8 Å². The van der Waals surface area contributed by atoms with Gasteiger partial charge < -0.3 is 19.9 Å². The lowest BCUT2D eigenvalue weighted by Crippen LogP contribution is -2.29. The summed E-state index contributed by atoms with van der Waals surface area (Å²) in [7, 11) is 3.36. The zero-order valence-electron chi connectivity index (χ0n) is 19.8. The number of piperidine rings is 1. The minimum absolute atomic E-state index is 0.147. The van der Waals surface area contributed by atoms with Crippen LogP contribution in [0.2, 0.25) is 0 Å². The summed E-state index contributed by atoms with van der Waals surface area (Å²) < 4.78 is 5.15. The van der Waals surface area contributed by atoms with Crippen LogP contribution in [0.1, 0.15) is 45.5 Å². The molecule has 1 aliphatic heterocycles. The van der Waals surface area contributed by atoms with Gasteiger partial charge in [-0.05, 0) is 73.4 Å². The molecule has 0 aromatic heterocycles. The Morgan fingerprint density at radius 2 is 1.59 bits per heavy atom. The van der Waals surface area contributed by atoms with E-state index >= 15 is 0 Å². The van der Waals surface area contributed by atoms with Gasteiger partial charge in [0.15, 0.2) is 0 Å². The minimum Gasteiger partial charge on any atom is -0.497 e. The lowest BCUT2D eigenvalue weighted by molar-refractivity contribution is 0.0786. The highest BCUT2D eigenvalue weighted by Gasteiger charge is 2.18. The maximum Gasteiger partial charge on any atom is 0.256 e. The molecule has 34 heavy (non-hydrogen) atoms. The van der Waals surface area contributed by atoms with Crippen molar-refractivity contribution < 1.29 is 14.3 Å². The van der Waals surface area contributed by atoms with Gasteiger partial charge in [0.25, 0.3) is 11.8 Å². The van der Waals surface area contributed by atoms with Gasteiger partial charge in [0, 0.05) is 37.9 Å². The molecule has 0 unspecified atom stereocenters. The molecule has 6 nitrogen and oxygen atoms in total. The van der Waals surface area contributed by atoms with Crippen molar-refractivity contribution >= 4 is 23.2 Å². The highest BCUT2D eigenvalue weighted by molar-refractivity contribution is 6.09. The second kappa shape index (κ2) is 10.9. The minimum atomic E-state index is -0.279. The zero-order valence-corrected chi connectivity index (χ0v) is 19.8. The highest BCUT2D eigenvalue weighted by Crippen LogP contribution is 2.22. The van der Waals surface area contributed by atoms with Gasteiger partial charge in [-0.3, -0.25) is 9.59 Å². The lowest BCUT2D eigenvalue weighted by atomic mass is 10.1. The molecule has 176 valence electrons. The van der Waals surface area contributed by atoms with Crippen LogP contribution in [0, 0.1) is 0 Å².